The minimum Gasteiger partial charge on any atom is -0.448 e. The summed E-state index contributed by atoms with van der Waals surface area (Å²) in [5.41, 5.74) is 6.38. The smallest absolute Gasteiger partial charge is 0.426 e. The van der Waals surface area contributed by atoms with Crippen LogP contribution in [0.15, 0.2) is 0 Å². The van der Waals surface area contributed by atoms with Gasteiger partial charge < -0.3 is 4.74 Å². The molecule has 1 radical (unpaired) electrons. The second-order valence-corrected chi connectivity index (χ2v) is 2.11. The number of rotatable bonds is 3. The summed E-state index contributed by atoms with van der Waals surface area (Å²) < 4.78 is 4.42. The normalized spacial score (nSPS) is 12.7. The summed E-state index contributed by atoms with van der Waals surface area (Å²) in [4.78, 5) is 9.91. The van der Waals surface area contributed by atoms with Gasteiger partial charge in [0, 0.05) is 0 Å². The van der Waals surface area contributed by atoms with E-state index in [0.717, 1.165) is 6.42 Å². The van der Waals surface area contributed by atoms with Gasteiger partial charge in [0.2, 0.25) is 0 Å². The quantitative estimate of drug-likeness (QED) is 0.580. The fraction of sp³-hybridized carbons (Fsp3) is 0.833. The summed E-state index contributed by atoms with van der Waals surface area (Å²) in [6.45, 7) is 4.37. The number of ether oxygens (including phenoxy) is 1. The Morgan fingerprint density at radius 1 is 1.78 bits per heavy atom. The lowest BCUT2D eigenvalue weighted by atomic mass is 10.1. The van der Waals surface area contributed by atoms with Crippen LogP contribution in [0.3, 0.4) is 0 Å². The maximum Gasteiger partial charge on any atom is 0.426 e. The first-order chi connectivity index (χ1) is 4.16. The maximum atomic E-state index is 9.91. The molecule has 53 valence electrons. The molecule has 1 unspecified atom stereocenters. The van der Waals surface area contributed by atoms with Crippen LogP contribution >= 0.6 is 0 Å². The molecular formula is C6H12NO2. The van der Waals surface area contributed by atoms with Crippen molar-refractivity contribution in [3.63, 3.8) is 0 Å². The third kappa shape index (κ3) is 5.14. The van der Waals surface area contributed by atoms with E-state index in [0.29, 0.717) is 12.5 Å². The van der Waals surface area contributed by atoms with Gasteiger partial charge in [-0.3, -0.25) is 0 Å². The highest BCUT2D eigenvalue weighted by molar-refractivity contribution is 5.63. The molecule has 0 aromatic heterocycles. The predicted molar refractivity (Wildman–Crippen MR) is 33.9 cm³/mol. The minimum atomic E-state index is -0.935. The fourth-order valence-corrected chi connectivity index (χ4v) is 0.336. The van der Waals surface area contributed by atoms with Crippen LogP contribution in [0.2, 0.25) is 0 Å². The van der Waals surface area contributed by atoms with E-state index in [2.05, 4.69) is 4.74 Å². The molecule has 0 saturated carbocycles. The van der Waals surface area contributed by atoms with Crippen molar-refractivity contribution in [2.75, 3.05) is 6.61 Å². The lowest BCUT2D eigenvalue weighted by molar-refractivity contribution is 0.137. The van der Waals surface area contributed by atoms with E-state index in [1.165, 1.54) is 0 Å². The summed E-state index contributed by atoms with van der Waals surface area (Å²) in [6.07, 6.45) is 0.0445. The van der Waals surface area contributed by atoms with Crippen molar-refractivity contribution in [3.8, 4) is 0 Å². The van der Waals surface area contributed by atoms with E-state index in [9.17, 15) is 4.79 Å². The molecule has 0 fully saturated rings. The Hall–Kier alpha value is -0.730. The van der Waals surface area contributed by atoms with Gasteiger partial charge in [0.25, 0.3) is 0 Å². The molecule has 0 rings (SSSR count). The first-order valence-corrected chi connectivity index (χ1v) is 3.05. The number of carbonyl (C=O) groups excluding carboxylic acids is 1. The standard InChI is InChI=1S/C6H12NO2/c1-3-5(2)4-9-6(7)8/h5,7H,3-4H2,1-2H3. The first-order valence-electron chi connectivity index (χ1n) is 3.05. The molecule has 0 heterocycles. The monoisotopic (exact) mass is 130 g/mol. The second kappa shape index (κ2) is 4.18. The second-order valence-electron chi connectivity index (χ2n) is 2.11. The van der Waals surface area contributed by atoms with Crippen LogP contribution in [0.1, 0.15) is 20.3 Å². The molecule has 0 saturated heterocycles. The van der Waals surface area contributed by atoms with Gasteiger partial charge in [0.15, 0.2) is 0 Å². The molecule has 3 heteroatoms. The van der Waals surface area contributed by atoms with Crippen LogP contribution in [0.25, 0.3) is 0 Å². The maximum absolute atomic E-state index is 9.91. The molecule has 9 heavy (non-hydrogen) atoms. The van der Waals surface area contributed by atoms with Crippen molar-refractivity contribution >= 4 is 6.09 Å². The van der Waals surface area contributed by atoms with E-state index in [4.69, 9.17) is 5.73 Å². The summed E-state index contributed by atoms with van der Waals surface area (Å²) >= 11 is 0. The van der Waals surface area contributed by atoms with Gasteiger partial charge in [-0.2, -0.15) is 0 Å². The van der Waals surface area contributed by atoms with Crippen molar-refractivity contribution in [3.05, 3.63) is 0 Å². The number of carbonyl (C=O) groups is 1. The van der Waals surface area contributed by atoms with Gasteiger partial charge in [0.05, 0.1) is 6.61 Å². The average Bonchev–Trinajstić information content (AvgIpc) is 1.83. The summed E-state index contributed by atoms with van der Waals surface area (Å²) in [7, 11) is 0. The van der Waals surface area contributed by atoms with Crippen molar-refractivity contribution in [2.45, 2.75) is 20.3 Å². The fourth-order valence-electron chi connectivity index (χ4n) is 0.336. The van der Waals surface area contributed by atoms with E-state index in [1.54, 1.807) is 0 Å². The first kappa shape index (κ1) is 8.27. The molecule has 0 aliphatic carbocycles. The molecule has 0 aliphatic heterocycles. The van der Waals surface area contributed by atoms with Crippen molar-refractivity contribution in [1.29, 1.82) is 0 Å². The van der Waals surface area contributed by atoms with E-state index >= 15 is 0 Å². The number of hydrogen-bond donors (Lipinski definition) is 0. The van der Waals surface area contributed by atoms with Crippen LogP contribution < -0.4 is 5.73 Å². The lowest BCUT2D eigenvalue weighted by Crippen LogP contribution is -2.09. The Balaban J connectivity index is 3.16. The topological polar surface area (TPSA) is 50.1 Å². The highest BCUT2D eigenvalue weighted by Gasteiger charge is 2.00. The lowest BCUT2D eigenvalue weighted by Gasteiger charge is -2.05. The van der Waals surface area contributed by atoms with Gasteiger partial charge in [-0.1, -0.05) is 20.3 Å². The zero-order chi connectivity index (χ0) is 7.28. The van der Waals surface area contributed by atoms with Crippen molar-refractivity contribution in [1.82, 2.24) is 5.73 Å². The van der Waals surface area contributed by atoms with Gasteiger partial charge in [-0.15, -0.1) is 0 Å². The molecule has 1 atom stereocenters. The molecule has 0 spiro atoms. The summed E-state index contributed by atoms with van der Waals surface area (Å²) in [5.74, 6) is 0.374. The summed E-state index contributed by atoms with van der Waals surface area (Å²) in [6, 6.07) is 0. The molecule has 0 aliphatic rings. The number of nitrogens with one attached hydrogen (secondary N) is 1. The SMILES string of the molecule is CCC(C)COC([NH])=O. The molecule has 1 amide bonds. The predicted octanol–water partition coefficient (Wildman–Crippen LogP) is 1.45. The molecule has 0 aromatic carbocycles. The zero-order valence-corrected chi connectivity index (χ0v) is 5.81. The van der Waals surface area contributed by atoms with Gasteiger partial charge in [-0.05, 0) is 5.92 Å². The van der Waals surface area contributed by atoms with Crippen LogP contribution in [-0.2, 0) is 4.74 Å². The third-order valence-corrected chi connectivity index (χ3v) is 1.20. The van der Waals surface area contributed by atoms with E-state index in [1.807, 2.05) is 13.8 Å². The van der Waals surface area contributed by atoms with E-state index in [-0.39, 0.29) is 0 Å². The van der Waals surface area contributed by atoms with E-state index < -0.39 is 6.09 Å². The van der Waals surface area contributed by atoms with Crippen LogP contribution in [-0.4, -0.2) is 12.7 Å². The van der Waals surface area contributed by atoms with Gasteiger partial charge in [-0.25, -0.2) is 10.5 Å². The van der Waals surface area contributed by atoms with Gasteiger partial charge in [0.1, 0.15) is 0 Å². The Bertz CT molecular complexity index is 93.1. The Kier molecular flexibility index (Phi) is 3.84. The van der Waals surface area contributed by atoms with Crippen LogP contribution in [0.4, 0.5) is 4.79 Å². The largest absolute Gasteiger partial charge is 0.448 e. The van der Waals surface area contributed by atoms with Gasteiger partial charge >= 0.3 is 6.09 Å². The molecule has 0 bridgehead atoms. The number of hydrogen-bond acceptors (Lipinski definition) is 2. The highest BCUT2D eigenvalue weighted by Crippen LogP contribution is 1.99. The molecular weight excluding hydrogens is 118 g/mol. The third-order valence-electron chi connectivity index (χ3n) is 1.20. The molecule has 1 N–H and O–H groups in total. The van der Waals surface area contributed by atoms with Crippen molar-refractivity contribution in [2.24, 2.45) is 5.92 Å². The molecule has 3 nitrogen and oxygen atoms in total. The summed E-state index contributed by atoms with van der Waals surface area (Å²) in [5, 5.41) is 0. The Morgan fingerprint density at radius 2 is 2.33 bits per heavy atom. The van der Waals surface area contributed by atoms with Crippen LogP contribution in [0, 0.1) is 5.92 Å². The minimum absolute atomic E-state index is 0.374. The Morgan fingerprint density at radius 3 is 2.67 bits per heavy atom. The zero-order valence-electron chi connectivity index (χ0n) is 5.81. The van der Waals surface area contributed by atoms with Crippen LogP contribution in [0.5, 0.6) is 0 Å². The average molecular weight is 130 g/mol. The Labute approximate surface area is 55.2 Å². The molecule has 0 aromatic rings. The highest BCUT2D eigenvalue weighted by atomic mass is 16.5. The van der Waals surface area contributed by atoms with Crippen molar-refractivity contribution < 1.29 is 9.53 Å². The number of amides is 1.